The third kappa shape index (κ3) is 6.11. The van der Waals surface area contributed by atoms with Gasteiger partial charge in [0.25, 0.3) is 5.91 Å². The molecule has 0 saturated carbocycles. The third-order valence-corrected chi connectivity index (χ3v) is 3.52. The molecule has 0 radical (unpaired) electrons. The zero-order chi connectivity index (χ0) is 15.5. The summed E-state index contributed by atoms with van der Waals surface area (Å²) in [6, 6.07) is 5.10. The van der Waals surface area contributed by atoms with E-state index in [1.807, 2.05) is 11.8 Å². The summed E-state index contributed by atoms with van der Waals surface area (Å²) < 4.78 is 5.18. The Hall–Kier alpha value is -1.64. The van der Waals surface area contributed by atoms with Gasteiger partial charge in [0.15, 0.2) is 0 Å². The van der Waals surface area contributed by atoms with Crippen molar-refractivity contribution in [3.63, 3.8) is 0 Å². The Morgan fingerprint density at radius 2 is 2.24 bits per heavy atom. The lowest BCUT2D eigenvalue weighted by atomic mass is 10.1. The van der Waals surface area contributed by atoms with Gasteiger partial charge in [0.2, 0.25) is 0 Å². The summed E-state index contributed by atoms with van der Waals surface area (Å²) in [5.74, 6) is 6.93. The highest BCUT2D eigenvalue weighted by molar-refractivity contribution is 7.98. The molecule has 0 bridgehead atoms. The molecule has 1 aromatic carbocycles. The second kappa shape index (κ2) is 10.1. The van der Waals surface area contributed by atoms with Gasteiger partial charge in [-0.15, -0.1) is 0 Å². The number of hydrogen-bond donors (Lipinski definition) is 2. The van der Waals surface area contributed by atoms with Crippen molar-refractivity contribution in [2.24, 2.45) is 0 Å². The van der Waals surface area contributed by atoms with Crippen LogP contribution in [0.25, 0.3) is 0 Å². The summed E-state index contributed by atoms with van der Waals surface area (Å²) in [6.07, 6.45) is 4.14. The van der Waals surface area contributed by atoms with Crippen LogP contribution in [0.15, 0.2) is 18.2 Å². The van der Waals surface area contributed by atoms with Gasteiger partial charge >= 0.3 is 0 Å². The van der Waals surface area contributed by atoms with E-state index in [0.717, 1.165) is 18.6 Å². The fraction of sp³-hybridized carbons (Fsp3) is 0.438. The lowest BCUT2D eigenvalue weighted by Gasteiger charge is -2.08. The third-order valence-electron chi connectivity index (χ3n) is 2.82. The lowest BCUT2D eigenvalue weighted by molar-refractivity contribution is 0.0953. The van der Waals surface area contributed by atoms with Crippen molar-refractivity contribution < 1.29 is 14.6 Å². The van der Waals surface area contributed by atoms with Crippen LogP contribution in [-0.2, 0) is 0 Å². The number of carbonyl (C=O) groups excluding carboxylic acids is 1. The first-order valence-electron chi connectivity index (χ1n) is 6.77. The van der Waals surface area contributed by atoms with Gasteiger partial charge in [-0.2, -0.15) is 11.8 Å². The Balaban J connectivity index is 2.67. The zero-order valence-electron chi connectivity index (χ0n) is 12.4. The van der Waals surface area contributed by atoms with E-state index in [1.165, 1.54) is 0 Å². The monoisotopic (exact) mass is 307 g/mol. The number of amides is 1. The fourth-order valence-corrected chi connectivity index (χ4v) is 2.25. The van der Waals surface area contributed by atoms with Gasteiger partial charge < -0.3 is 15.2 Å². The van der Waals surface area contributed by atoms with E-state index in [9.17, 15) is 4.79 Å². The lowest BCUT2D eigenvalue weighted by Crippen LogP contribution is -2.24. The number of nitrogens with one attached hydrogen (secondary N) is 1. The van der Waals surface area contributed by atoms with Gasteiger partial charge in [-0.25, -0.2) is 0 Å². The molecule has 0 aliphatic heterocycles. The van der Waals surface area contributed by atoms with Crippen LogP contribution in [0, 0.1) is 11.8 Å². The van der Waals surface area contributed by atoms with Crippen molar-refractivity contribution in [2.45, 2.75) is 12.8 Å². The molecule has 21 heavy (non-hydrogen) atoms. The Morgan fingerprint density at radius 1 is 1.43 bits per heavy atom. The van der Waals surface area contributed by atoms with Crippen molar-refractivity contribution in [3.05, 3.63) is 29.3 Å². The minimum atomic E-state index is -0.227. The molecule has 0 aliphatic rings. The van der Waals surface area contributed by atoms with Gasteiger partial charge in [0, 0.05) is 12.1 Å². The molecule has 0 heterocycles. The maximum atomic E-state index is 12.0. The quantitative estimate of drug-likeness (QED) is 0.597. The summed E-state index contributed by atoms with van der Waals surface area (Å²) in [5.41, 5.74) is 1.14. The maximum Gasteiger partial charge on any atom is 0.251 e. The molecule has 0 atom stereocenters. The highest BCUT2D eigenvalue weighted by Crippen LogP contribution is 2.18. The minimum Gasteiger partial charge on any atom is -0.495 e. The first-order chi connectivity index (χ1) is 10.2. The van der Waals surface area contributed by atoms with Gasteiger partial charge in [-0.1, -0.05) is 11.8 Å². The molecule has 1 rings (SSSR count). The Bertz CT molecular complexity index is 520. The SMILES string of the molecule is COc1ccc(C(=O)NCCCCSC)cc1C#CCO. The Labute approximate surface area is 130 Å². The molecule has 0 spiro atoms. The van der Waals surface area contributed by atoms with Crippen LogP contribution in [0.3, 0.4) is 0 Å². The first-order valence-corrected chi connectivity index (χ1v) is 8.17. The van der Waals surface area contributed by atoms with Crippen molar-refractivity contribution in [3.8, 4) is 17.6 Å². The first kappa shape index (κ1) is 17.4. The zero-order valence-corrected chi connectivity index (χ0v) is 13.3. The maximum absolute atomic E-state index is 12.0. The molecule has 5 heteroatoms. The van der Waals surface area contributed by atoms with Crippen LogP contribution in [0.5, 0.6) is 5.75 Å². The number of unbranched alkanes of at least 4 members (excludes halogenated alkanes) is 1. The van der Waals surface area contributed by atoms with Crippen LogP contribution < -0.4 is 10.1 Å². The molecule has 0 saturated heterocycles. The largest absolute Gasteiger partial charge is 0.495 e. The number of benzene rings is 1. The number of aliphatic hydroxyl groups excluding tert-OH is 1. The molecule has 0 aromatic heterocycles. The van der Waals surface area contributed by atoms with Crippen LogP contribution in [0.2, 0.25) is 0 Å². The molecule has 4 nitrogen and oxygen atoms in total. The molecule has 114 valence electrons. The Kier molecular flexibility index (Phi) is 8.41. The standard InChI is InChI=1S/C16H21NO3S/c1-20-15-8-7-14(12-13(15)6-5-10-18)16(19)17-9-3-4-11-21-2/h7-8,12,18H,3-4,9-11H2,1-2H3,(H,17,19). The van der Waals surface area contributed by atoms with E-state index in [-0.39, 0.29) is 12.5 Å². The highest BCUT2D eigenvalue weighted by Gasteiger charge is 2.08. The predicted octanol–water partition coefficient (Wildman–Crippen LogP) is 1.91. The molecule has 0 fully saturated rings. The summed E-state index contributed by atoms with van der Waals surface area (Å²) in [6.45, 7) is 0.443. The predicted molar refractivity (Wildman–Crippen MR) is 86.9 cm³/mol. The Morgan fingerprint density at radius 3 is 2.90 bits per heavy atom. The van der Waals surface area contributed by atoms with Crippen molar-refractivity contribution in [1.82, 2.24) is 5.32 Å². The topological polar surface area (TPSA) is 58.6 Å². The second-order valence-corrected chi connectivity index (χ2v) is 5.32. The van der Waals surface area contributed by atoms with Crippen LogP contribution in [0.4, 0.5) is 0 Å². The smallest absolute Gasteiger partial charge is 0.251 e. The van der Waals surface area contributed by atoms with Gasteiger partial charge in [0.1, 0.15) is 12.4 Å². The number of carbonyl (C=O) groups is 1. The van der Waals surface area contributed by atoms with E-state index >= 15 is 0 Å². The molecule has 0 unspecified atom stereocenters. The van der Waals surface area contributed by atoms with E-state index in [1.54, 1.807) is 25.3 Å². The van der Waals surface area contributed by atoms with Gasteiger partial charge in [-0.3, -0.25) is 4.79 Å². The number of aliphatic hydroxyl groups is 1. The van der Waals surface area contributed by atoms with Crippen molar-refractivity contribution >= 4 is 17.7 Å². The molecular weight excluding hydrogens is 286 g/mol. The normalized spacial score (nSPS) is 9.67. The summed E-state index contributed by atoms with van der Waals surface area (Å²) in [5, 5.41) is 11.7. The fourth-order valence-electron chi connectivity index (χ4n) is 1.76. The van der Waals surface area contributed by atoms with Crippen LogP contribution in [-0.4, -0.2) is 43.3 Å². The number of methoxy groups -OCH3 is 1. The van der Waals surface area contributed by atoms with E-state index in [0.29, 0.717) is 23.4 Å². The van der Waals surface area contributed by atoms with E-state index in [4.69, 9.17) is 9.84 Å². The summed E-state index contributed by atoms with van der Waals surface area (Å²) in [7, 11) is 1.55. The molecule has 0 aliphatic carbocycles. The second-order valence-electron chi connectivity index (χ2n) is 4.33. The highest BCUT2D eigenvalue weighted by atomic mass is 32.2. The van der Waals surface area contributed by atoms with Gasteiger partial charge in [0.05, 0.1) is 12.7 Å². The van der Waals surface area contributed by atoms with Crippen molar-refractivity contribution in [2.75, 3.05) is 32.3 Å². The van der Waals surface area contributed by atoms with E-state index < -0.39 is 0 Å². The number of rotatable bonds is 7. The van der Waals surface area contributed by atoms with Crippen LogP contribution in [0.1, 0.15) is 28.8 Å². The number of ether oxygens (including phenoxy) is 1. The van der Waals surface area contributed by atoms with E-state index in [2.05, 4.69) is 23.4 Å². The summed E-state index contributed by atoms with van der Waals surface area (Å²) in [4.78, 5) is 12.0. The minimum absolute atomic E-state index is 0.117. The van der Waals surface area contributed by atoms with Crippen molar-refractivity contribution in [1.29, 1.82) is 0 Å². The number of hydrogen-bond acceptors (Lipinski definition) is 4. The molecular formula is C16H21NO3S. The number of thioether (sulfide) groups is 1. The summed E-state index contributed by atoms with van der Waals surface area (Å²) >= 11 is 1.81. The molecule has 1 amide bonds. The average Bonchev–Trinajstić information content (AvgIpc) is 2.52. The average molecular weight is 307 g/mol. The molecule has 1 aromatic rings. The van der Waals surface area contributed by atoms with Crippen LogP contribution >= 0.6 is 11.8 Å². The van der Waals surface area contributed by atoms with Gasteiger partial charge in [-0.05, 0) is 43.0 Å². The molecule has 2 N–H and O–H groups in total.